The third-order valence-electron chi connectivity index (χ3n) is 2.67. The second-order valence-corrected chi connectivity index (χ2v) is 3.99. The zero-order valence-electron chi connectivity index (χ0n) is 10.3. The van der Waals surface area contributed by atoms with Gasteiger partial charge in [0.15, 0.2) is 0 Å². The molecule has 0 spiro atoms. The summed E-state index contributed by atoms with van der Waals surface area (Å²) in [7, 11) is 1.23. The fourth-order valence-corrected chi connectivity index (χ4v) is 1.65. The van der Waals surface area contributed by atoms with Gasteiger partial charge in [0.25, 0.3) is 0 Å². The van der Waals surface area contributed by atoms with Crippen molar-refractivity contribution in [3.8, 4) is 0 Å². The molecule has 1 aromatic carbocycles. The third-order valence-corrected chi connectivity index (χ3v) is 2.67. The Balaban J connectivity index is 2.90. The van der Waals surface area contributed by atoms with E-state index in [1.807, 2.05) is 0 Å². The van der Waals surface area contributed by atoms with Crippen LogP contribution in [-0.2, 0) is 16.0 Å². The number of carbonyl (C=O) groups excluding carboxylic acids is 1. The molecule has 98 valence electrons. The summed E-state index contributed by atoms with van der Waals surface area (Å²) in [4.78, 5) is 21.8. The fourth-order valence-electron chi connectivity index (χ4n) is 1.65. The molecule has 0 fully saturated rings. The number of ether oxygens (including phenoxy) is 1. The number of carboxylic acid groups (broad SMARTS) is 1. The van der Waals surface area contributed by atoms with Crippen LogP contribution in [0.15, 0.2) is 12.1 Å². The maximum absolute atomic E-state index is 13.6. The topological polar surface area (TPSA) is 63.6 Å². The second kappa shape index (κ2) is 6.14. The van der Waals surface area contributed by atoms with Crippen LogP contribution in [0.2, 0.25) is 0 Å². The Bertz CT molecular complexity index is 468. The molecule has 0 atom stereocenters. The minimum atomic E-state index is -0.893. The number of benzene rings is 1. The Morgan fingerprint density at radius 2 is 2.06 bits per heavy atom. The SMILES string of the molecule is COC(=O)c1cc(CCCC(=O)O)cc(F)c1C. The molecule has 0 aliphatic carbocycles. The second-order valence-electron chi connectivity index (χ2n) is 3.99. The van der Waals surface area contributed by atoms with Gasteiger partial charge in [-0.15, -0.1) is 0 Å². The number of esters is 1. The zero-order valence-corrected chi connectivity index (χ0v) is 10.3. The molecule has 0 heterocycles. The number of carboxylic acids is 1. The molecular weight excluding hydrogens is 239 g/mol. The largest absolute Gasteiger partial charge is 0.481 e. The predicted molar refractivity (Wildman–Crippen MR) is 63.1 cm³/mol. The number of aliphatic carboxylic acids is 1. The highest BCUT2D eigenvalue weighted by Crippen LogP contribution is 2.18. The molecule has 0 aliphatic rings. The van der Waals surface area contributed by atoms with Gasteiger partial charge < -0.3 is 9.84 Å². The van der Waals surface area contributed by atoms with Gasteiger partial charge in [-0.2, -0.15) is 0 Å². The van der Waals surface area contributed by atoms with E-state index in [9.17, 15) is 14.0 Å². The van der Waals surface area contributed by atoms with Crippen LogP contribution in [0.5, 0.6) is 0 Å². The van der Waals surface area contributed by atoms with Crippen molar-refractivity contribution in [3.05, 3.63) is 34.6 Å². The van der Waals surface area contributed by atoms with Crippen molar-refractivity contribution in [2.24, 2.45) is 0 Å². The first kappa shape index (κ1) is 14.2. The van der Waals surface area contributed by atoms with Crippen LogP contribution < -0.4 is 0 Å². The molecule has 0 saturated carbocycles. The fraction of sp³-hybridized carbons (Fsp3) is 0.385. The van der Waals surface area contributed by atoms with Gasteiger partial charge in [-0.25, -0.2) is 9.18 Å². The standard InChI is InChI=1S/C13H15FO4/c1-8-10(13(17)18-2)6-9(7-11(8)14)4-3-5-12(15)16/h6-7H,3-5H2,1-2H3,(H,15,16). The van der Waals surface area contributed by atoms with Gasteiger partial charge in [0.05, 0.1) is 12.7 Å². The Morgan fingerprint density at radius 1 is 1.39 bits per heavy atom. The number of hydrogen-bond acceptors (Lipinski definition) is 3. The zero-order chi connectivity index (χ0) is 13.7. The molecule has 0 aliphatic heterocycles. The first-order chi connectivity index (χ1) is 8.45. The lowest BCUT2D eigenvalue weighted by Gasteiger charge is -2.08. The molecule has 1 rings (SSSR count). The molecule has 0 aromatic heterocycles. The Kier molecular flexibility index (Phi) is 4.83. The van der Waals surface area contributed by atoms with Crippen molar-refractivity contribution in [2.45, 2.75) is 26.2 Å². The summed E-state index contributed by atoms with van der Waals surface area (Å²) in [5, 5.41) is 8.52. The molecule has 5 heteroatoms. The monoisotopic (exact) mass is 254 g/mol. The lowest BCUT2D eigenvalue weighted by molar-refractivity contribution is -0.137. The van der Waals surface area contributed by atoms with Gasteiger partial charge in [0.1, 0.15) is 5.82 Å². The van der Waals surface area contributed by atoms with Crippen LogP contribution in [0.1, 0.15) is 34.3 Å². The first-order valence-corrected chi connectivity index (χ1v) is 5.55. The maximum Gasteiger partial charge on any atom is 0.338 e. The van der Waals surface area contributed by atoms with E-state index in [1.54, 1.807) is 6.07 Å². The van der Waals surface area contributed by atoms with E-state index in [1.165, 1.54) is 20.1 Å². The van der Waals surface area contributed by atoms with E-state index >= 15 is 0 Å². The first-order valence-electron chi connectivity index (χ1n) is 5.55. The number of rotatable bonds is 5. The summed E-state index contributed by atoms with van der Waals surface area (Å²) in [5.74, 6) is -1.97. The summed E-state index contributed by atoms with van der Waals surface area (Å²) in [6.45, 7) is 1.50. The van der Waals surface area contributed by atoms with Crippen molar-refractivity contribution in [2.75, 3.05) is 7.11 Å². The Labute approximate surface area is 104 Å². The van der Waals surface area contributed by atoms with Crippen LogP contribution >= 0.6 is 0 Å². The third kappa shape index (κ3) is 3.55. The van der Waals surface area contributed by atoms with E-state index in [0.29, 0.717) is 18.4 Å². The van der Waals surface area contributed by atoms with E-state index in [4.69, 9.17) is 5.11 Å². The quantitative estimate of drug-likeness (QED) is 0.819. The predicted octanol–water partition coefficient (Wildman–Crippen LogP) is 2.33. The lowest BCUT2D eigenvalue weighted by atomic mass is 10.0. The van der Waals surface area contributed by atoms with E-state index in [-0.39, 0.29) is 17.5 Å². The highest BCUT2D eigenvalue weighted by Gasteiger charge is 2.14. The van der Waals surface area contributed by atoms with Crippen LogP contribution in [0.25, 0.3) is 0 Å². The molecule has 0 amide bonds. The van der Waals surface area contributed by atoms with Crippen molar-refractivity contribution in [1.29, 1.82) is 0 Å². The van der Waals surface area contributed by atoms with Crippen molar-refractivity contribution >= 4 is 11.9 Å². The van der Waals surface area contributed by atoms with Crippen LogP contribution in [0, 0.1) is 12.7 Å². The van der Waals surface area contributed by atoms with Gasteiger partial charge in [-0.3, -0.25) is 4.79 Å². The van der Waals surface area contributed by atoms with Gasteiger partial charge in [0, 0.05) is 6.42 Å². The minimum absolute atomic E-state index is 0.0169. The molecule has 0 radical (unpaired) electrons. The molecule has 1 N–H and O–H groups in total. The summed E-state index contributed by atoms with van der Waals surface area (Å²) in [5.41, 5.74) is 1.02. The van der Waals surface area contributed by atoms with Crippen LogP contribution in [0.3, 0.4) is 0 Å². The summed E-state index contributed by atoms with van der Waals surface area (Å²) in [6, 6.07) is 2.87. The lowest BCUT2D eigenvalue weighted by Crippen LogP contribution is -2.07. The highest BCUT2D eigenvalue weighted by molar-refractivity contribution is 5.91. The molecule has 0 saturated heterocycles. The number of hydrogen-bond donors (Lipinski definition) is 1. The number of aryl methyl sites for hydroxylation is 1. The summed E-state index contributed by atoms with van der Waals surface area (Å²) >= 11 is 0. The van der Waals surface area contributed by atoms with Gasteiger partial charge in [-0.1, -0.05) is 0 Å². The molecule has 1 aromatic rings. The Hall–Kier alpha value is -1.91. The average Bonchev–Trinajstić information content (AvgIpc) is 2.32. The van der Waals surface area contributed by atoms with Crippen LogP contribution in [0.4, 0.5) is 4.39 Å². The smallest absolute Gasteiger partial charge is 0.338 e. The molecular formula is C13H15FO4. The summed E-state index contributed by atoms with van der Waals surface area (Å²) in [6.07, 6.45) is 0.828. The molecule has 4 nitrogen and oxygen atoms in total. The van der Waals surface area contributed by atoms with Crippen molar-refractivity contribution < 1.29 is 23.8 Å². The Morgan fingerprint density at radius 3 is 2.61 bits per heavy atom. The van der Waals surface area contributed by atoms with E-state index in [0.717, 1.165) is 0 Å². The highest BCUT2D eigenvalue weighted by atomic mass is 19.1. The number of carbonyl (C=O) groups is 2. The average molecular weight is 254 g/mol. The molecule has 0 bridgehead atoms. The van der Waals surface area contributed by atoms with Crippen molar-refractivity contribution in [1.82, 2.24) is 0 Å². The maximum atomic E-state index is 13.6. The molecule has 0 unspecified atom stereocenters. The van der Waals surface area contributed by atoms with Gasteiger partial charge in [0.2, 0.25) is 0 Å². The van der Waals surface area contributed by atoms with Gasteiger partial charge in [-0.05, 0) is 43.0 Å². The van der Waals surface area contributed by atoms with Crippen LogP contribution in [-0.4, -0.2) is 24.2 Å². The molecule has 18 heavy (non-hydrogen) atoms. The number of halogens is 1. The van der Waals surface area contributed by atoms with E-state index < -0.39 is 17.8 Å². The number of methoxy groups -OCH3 is 1. The normalized spacial score (nSPS) is 10.2. The van der Waals surface area contributed by atoms with E-state index in [2.05, 4.69) is 4.74 Å². The minimum Gasteiger partial charge on any atom is -0.481 e. The van der Waals surface area contributed by atoms with Gasteiger partial charge >= 0.3 is 11.9 Å². The summed E-state index contributed by atoms with van der Waals surface area (Å²) < 4.78 is 18.2. The van der Waals surface area contributed by atoms with Crippen molar-refractivity contribution in [3.63, 3.8) is 0 Å².